The lowest BCUT2D eigenvalue weighted by molar-refractivity contribution is -0.128. The Morgan fingerprint density at radius 3 is 2.54 bits per heavy atom. The Bertz CT molecular complexity index is 828. The van der Waals surface area contributed by atoms with Crippen LogP contribution < -0.4 is 10.6 Å². The van der Waals surface area contributed by atoms with Gasteiger partial charge in [0.05, 0.1) is 6.67 Å². The van der Waals surface area contributed by atoms with Gasteiger partial charge in [0.1, 0.15) is 11.0 Å². The second-order valence-electron chi connectivity index (χ2n) is 5.64. The molecule has 3 amide bonds. The van der Waals surface area contributed by atoms with Crippen molar-refractivity contribution in [1.82, 2.24) is 4.90 Å². The van der Waals surface area contributed by atoms with E-state index in [4.69, 9.17) is 0 Å². The van der Waals surface area contributed by atoms with Crippen LogP contribution in [-0.2, 0) is 9.59 Å². The second-order valence-corrected chi connectivity index (χ2v) is 6.80. The molecule has 8 heteroatoms. The van der Waals surface area contributed by atoms with E-state index in [-0.39, 0.29) is 24.1 Å². The van der Waals surface area contributed by atoms with E-state index < -0.39 is 17.1 Å². The Morgan fingerprint density at radius 2 is 1.81 bits per heavy atom. The topological polar surface area (TPSA) is 98.7 Å². The molecular weight excluding hydrogens is 354 g/mol. The van der Waals surface area contributed by atoms with Gasteiger partial charge < -0.3 is 15.7 Å². The summed E-state index contributed by atoms with van der Waals surface area (Å²) >= 11 is 0.846. The van der Waals surface area contributed by atoms with Crippen molar-refractivity contribution in [2.24, 2.45) is 0 Å². The number of anilines is 2. The molecule has 2 aromatic carbocycles. The van der Waals surface area contributed by atoms with Gasteiger partial charge in [0.2, 0.25) is 11.8 Å². The zero-order valence-corrected chi connectivity index (χ0v) is 14.5. The molecule has 0 radical (unpaired) electrons. The van der Waals surface area contributed by atoms with Crippen LogP contribution >= 0.6 is 11.8 Å². The number of amides is 3. The number of carbonyl (C=O) groups excluding carboxylic acids is 3. The predicted octanol–water partition coefficient (Wildman–Crippen LogP) is 2.85. The molecule has 3 rings (SSSR count). The van der Waals surface area contributed by atoms with Crippen LogP contribution in [0.1, 0.15) is 6.42 Å². The number of thioether (sulfide) groups is 1. The highest BCUT2D eigenvalue weighted by molar-refractivity contribution is 8.15. The smallest absolute Gasteiger partial charge is 0.290 e. The molecule has 1 unspecified atom stereocenters. The summed E-state index contributed by atoms with van der Waals surface area (Å²) in [4.78, 5) is 37.7. The van der Waals surface area contributed by atoms with Crippen LogP contribution in [0.15, 0.2) is 54.6 Å². The average Bonchev–Trinajstić information content (AvgIpc) is 2.87. The fraction of sp³-hybridized carbons (Fsp3) is 0.167. The molecule has 1 fully saturated rings. The largest absolute Gasteiger partial charge is 0.508 e. The summed E-state index contributed by atoms with van der Waals surface area (Å²) in [6.45, 7) is 0.0549. The molecule has 0 bridgehead atoms. The summed E-state index contributed by atoms with van der Waals surface area (Å²) < 4.78 is 0. The number of phenols is 1. The van der Waals surface area contributed by atoms with Crippen LogP contribution in [0.4, 0.5) is 16.2 Å². The highest BCUT2D eigenvalue weighted by Gasteiger charge is 2.40. The van der Waals surface area contributed by atoms with Gasteiger partial charge in [-0.05, 0) is 24.3 Å². The van der Waals surface area contributed by atoms with Gasteiger partial charge in [0.25, 0.3) is 5.24 Å². The third-order valence-corrected chi connectivity index (χ3v) is 4.80. The zero-order chi connectivity index (χ0) is 18.5. The molecule has 0 saturated carbocycles. The van der Waals surface area contributed by atoms with Crippen molar-refractivity contribution >= 4 is 40.2 Å². The van der Waals surface area contributed by atoms with Gasteiger partial charge in [0, 0.05) is 23.9 Å². The number of phenolic OH excluding ortho intramolecular Hbond substituents is 1. The number of imide groups is 1. The van der Waals surface area contributed by atoms with Crippen molar-refractivity contribution in [3.63, 3.8) is 0 Å². The Kier molecular flexibility index (Phi) is 5.43. The Balaban J connectivity index is 1.55. The van der Waals surface area contributed by atoms with Gasteiger partial charge in [-0.3, -0.25) is 19.3 Å². The number of benzene rings is 2. The lowest BCUT2D eigenvalue weighted by atomic mass is 10.2. The van der Waals surface area contributed by atoms with Crippen LogP contribution in [0.25, 0.3) is 0 Å². The minimum Gasteiger partial charge on any atom is -0.508 e. The van der Waals surface area contributed by atoms with Crippen molar-refractivity contribution in [3.8, 4) is 5.75 Å². The normalized spacial score (nSPS) is 16.6. The van der Waals surface area contributed by atoms with Crippen LogP contribution in [0, 0.1) is 0 Å². The summed E-state index contributed by atoms with van der Waals surface area (Å²) in [5.74, 6) is -0.760. The summed E-state index contributed by atoms with van der Waals surface area (Å²) in [7, 11) is 0. The molecule has 1 aliphatic rings. The van der Waals surface area contributed by atoms with Crippen LogP contribution in [-0.4, -0.2) is 39.0 Å². The molecule has 0 aromatic heterocycles. The first-order valence-electron chi connectivity index (χ1n) is 7.93. The number of nitrogens with zero attached hydrogens (tertiary/aromatic N) is 1. The number of rotatable bonds is 6. The lowest BCUT2D eigenvalue weighted by Gasteiger charge is -2.15. The SMILES string of the molecule is O=C(CC1SC(=O)N(CNc2ccccc2)C1=O)Nc1cccc(O)c1. The maximum Gasteiger partial charge on any atom is 0.290 e. The average molecular weight is 371 g/mol. The maximum atomic E-state index is 12.4. The Hall–Kier alpha value is -3.00. The van der Waals surface area contributed by atoms with E-state index in [1.165, 1.54) is 12.1 Å². The summed E-state index contributed by atoms with van der Waals surface area (Å²) in [6, 6.07) is 15.3. The maximum absolute atomic E-state index is 12.4. The number of para-hydroxylation sites is 1. The molecular formula is C18H17N3O4S. The standard InChI is InChI=1S/C18H17N3O4S/c22-14-8-4-7-13(9-14)20-16(23)10-15-17(24)21(18(25)26-15)11-19-12-5-2-1-3-6-12/h1-9,15,19,22H,10-11H2,(H,20,23). The first-order valence-corrected chi connectivity index (χ1v) is 8.80. The summed E-state index contributed by atoms with van der Waals surface area (Å²) in [6.07, 6.45) is -0.118. The van der Waals surface area contributed by atoms with Gasteiger partial charge in [0.15, 0.2) is 0 Å². The fourth-order valence-electron chi connectivity index (χ4n) is 2.46. The van der Waals surface area contributed by atoms with Crippen molar-refractivity contribution < 1.29 is 19.5 Å². The molecule has 1 saturated heterocycles. The van der Waals surface area contributed by atoms with Gasteiger partial charge in [-0.1, -0.05) is 36.0 Å². The zero-order valence-electron chi connectivity index (χ0n) is 13.7. The van der Waals surface area contributed by atoms with Crippen molar-refractivity contribution in [1.29, 1.82) is 0 Å². The molecule has 3 N–H and O–H groups in total. The highest BCUT2D eigenvalue weighted by Crippen LogP contribution is 2.29. The number of hydrogen-bond acceptors (Lipinski definition) is 6. The van der Waals surface area contributed by atoms with E-state index in [9.17, 15) is 19.5 Å². The molecule has 7 nitrogen and oxygen atoms in total. The van der Waals surface area contributed by atoms with Crippen LogP contribution in [0.5, 0.6) is 5.75 Å². The molecule has 2 aromatic rings. The Morgan fingerprint density at radius 1 is 1.08 bits per heavy atom. The van der Waals surface area contributed by atoms with E-state index in [2.05, 4.69) is 10.6 Å². The third kappa shape index (κ3) is 4.34. The third-order valence-electron chi connectivity index (χ3n) is 3.72. The molecule has 0 spiro atoms. The quantitative estimate of drug-likeness (QED) is 0.722. The highest BCUT2D eigenvalue weighted by atomic mass is 32.2. The van der Waals surface area contributed by atoms with E-state index in [0.717, 1.165) is 22.3 Å². The van der Waals surface area contributed by atoms with E-state index in [1.54, 1.807) is 12.1 Å². The molecule has 134 valence electrons. The summed E-state index contributed by atoms with van der Waals surface area (Å²) in [5.41, 5.74) is 1.22. The monoisotopic (exact) mass is 371 g/mol. The first kappa shape index (κ1) is 17.8. The molecule has 26 heavy (non-hydrogen) atoms. The van der Waals surface area contributed by atoms with Gasteiger partial charge in [-0.15, -0.1) is 0 Å². The van der Waals surface area contributed by atoms with Crippen molar-refractivity contribution in [2.75, 3.05) is 17.3 Å². The van der Waals surface area contributed by atoms with Gasteiger partial charge >= 0.3 is 0 Å². The fourth-order valence-corrected chi connectivity index (χ4v) is 3.45. The Labute approximate surface area is 154 Å². The predicted molar refractivity (Wildman–Crippen MR) is 99.9 cm³/mol. The number of nitrogens with one attached hydrogen (secondary N) is 2. The minimum absolute atomic E-state index is 0.0301. The van der Waals surface area contributed by atoms with Crippen LogP contribution in [0.2, 0.25) is 0 Å². The van der Waals surface area contributed by atoms with Crippen LogP contribution in [0.3, 0.4) is 0 Å². The van der Waals surface area contributed by atoms with E-state index >= 15 is 0 Å². The molecule has 0 aliphatic carbocycles. The van der Waals surface area contributed by atoms with E-state index in [0.29, 0.717) is 5.69 Å². The summed E-state index contributed by atoms with van der Waals surface area (Å²) in [5, 5.41) is 13.9. The number of carbonyl (C=O) groups is 3. The number of aromatic hydroxyl groups is 1. The molecule has 1 atom stereocenters. The first-order chi connectivity index (χ1) is 12.5. The van der Waals surface area contributed by atoms with E-state index in [1.807, 2.05) is 30.3 Å². The lowest BCUT2D eigenvalue weighted by Crippen LogP contribution is -2.36. The molecule has 1 aliphatic heterocycles. The molecule has 1 heterocycles. The minimum atomic E-state index is -0.752. The van der Waals surface area contributed by atoms with Gasteiger partial charge in [-0.2, -0.15) is 0 Å². The van der Waals surface area contributed by atoms with Gasteiger partial charge in [-0.25, -0.2) is 0 Å². The van der Waals surface area contributed by atoms with Crippen molar-refractivity contribution in [3.05, 3.63) is 54.6 Å². The number of hydrogen-bond donors (Lipinski definition) is 3. The second kappa shape index (κ2) is 7.92. The van der Waals surface area contributed by atoms with Crippen molar-refractivity contribution in [2.45, 2.75) is 11.7 Å².